The SMILES string of the molecule is Cl.N[C@H]1CCN(C2CCN(C3CC3)C2=O)C1. The standard InChI is InChI=1S/C11H19N3O.ClH/c12-8-3-5-13(7-8)10-4-6-14(11(10)15)9-1-2-9;/h8-10H,1-7,12H2;1H/t8-,10?;/m0./s1. The number of carbonyl (C=O) groups excluding carboxylic acids is 1. The van der Waals surface area contributed by atoms with E-state index in [1.165, 1.54) is 12.8 Å². The van der Waals surface area contributed by atoms with Gasteiger partial charge < -0.3 is 10.6 Å². The van der Waals surface area contributed by atoms with Gasteiger partial charge in [0.1, 0.15) is 0 Å². The van der Waals surface area contributed by atoms with Gasteiger partial charge in [-0.05, 0) is 25.7 Å². The second-order valence-electron chi connectivity index (χ2n) is 5.11. The lowest BCUT2D eigenvalue weighted by molar-refractivity contribution is -0.132. The smallest absolute Gasteiger partial charge is 0.240 e. The predicted octanol–water partition coefficient (Wildman–Crippen LogP) is 0.205. The molecule has 2 aliphatic heterocycles. The van der Waals surface area contributed by atoms with Gasteiger partial charge in [-0.2, -0.15) is 0 Å². The number of hydrogen-bond acceptors (Lipinski definition) is 3. The van der Waals surface area contributed by atoms with Crippen molar-refractivity contribution < 1.29 is 4.79 Å². The Labute approximate surface area is 103 Å². The summed E-state index contributed by atoms with van der Waals surface area (Å²) in [5.74, 6) is 0.367. The molecule has 5 heteroatoms. The van der Waals surface area contributed by atoms with E-state index in [1.807, 2.05) is 0 Å². The van der Waals surface area contributed by atoms with Crippen LogP contribution in [0.15, 0.2) is 0 Å². The highest BCUT2D eigenvalue weighted by Gasteiger charge is 2.43. The van der Waals surface area contributed by atoms with Crippen molar-refractivity contribution in [1.29, 1.82) is 0 Å². The summed E-state index contributed by atoms with van der Waals surface area (Å²) < 4.78 is 0. The Morgan fingerprint density at radius 2 is 1.88 bits per heavy atom. The average Bonchev–Trinajstić information content (AvgIpc) is 2.86. The topological polar surface area (TPSA) is 49.6 Å². The van der Waals surface area contributed by atoms with E-state index in [4.69, 9.17) is 5.73 Å². The molecule has 1 unspecified atom stereocenters. The molecular formula is C11H20ClN3O. The third-order valence-corrected chi connectivity index (χ3v) is 3.90. The van der Waals surface area contributed by atoms with E-state index in [9.17, 15) is 4.79 Å². The van der Waals surface area contributed by atoms with Gasteiger partial charge in [0.05, 0.1) is 6.04 Å². The molecule has 1 saturated carbocycles. The largest absolute Gasteiger partial charge is 0.338 e. The van der Waals surface area contributed by atoms with Crippen molar-refractivity contribution in [2.45, 2.75) is 43.8 Å². The molecule has 2 saturated heterocycles. The van der Waals surface area contributed by atoms with Crippen LogP contribution in [0.2, 0.25) is 0 Å². The minimum atomic E-state index is 0. The number of carbonyl (C=O) groups is 1. The second kappa shape index (κ2) is 4.51. The Hall–Kier alpha value is -0.320. The highest BCUT2D eigenvalue weighted by atomic mass is 35.5. The molecule has 92 valence electrons. The van der Waals surface area contributed by atoms with Gasteiger partial charge in [-0.3, -0.25) is 9.69 Å². The van der Waals surface area contributed by atoms with Gasteiger partial charge in [-0.1, -0.05) is 0 Å². The first-order valence-electron chi connectivity index (χ1n) is 6.06. The van der Waals surface area contributed by atoms with Gasteiger partial charge in [-0.25, -0.2) is 0 Å². The van der Waals surface area contributed by atoms with Gasteiger partial charge >= 0.3 is 0 Å². The normalized spacial score (nSPS) is 35.6. The lowest BCUT2D eigenvalue weighted by Crippen LogP contribution is -2.42. The van der Waals surface area contributed by atoms with Gasteiger partial charge in [0, 0.05) is 31.7 Å². The number of nitrogens with zero attached hydrogens (tertiary/aromatic N) is 2. The molecule has 0 radical (unpaired) electrons. The van der Waals surface area contributed by atoms with E-state index < -0.39 is 0 Å². The molecule has 3 aliphatic rings. The van der Waals surface area contributed by atoms with Crippen LogP contribution in [0.1, 0.15) is 25.7 Å². The monoisotopic (exact) mass is 245 g/mol. The molecule has 2 heterocycles. The molecule has 2 atom stereocenters. The van der Waals surface area contributed by atoms with Crippen LogP contribution in [-0.4, -0.2) is 53.5 Å². The van der Waals surface area contributed by atoms with Crippen LogP contribution >= 0.6 is 12.4 Å². The molecule has 4 nitrogen and oxygen atoms in total. The van der Waals surface area contributed by atoms with Crippen molar-refractivity contribution in [2.24, 2.45) is 5.73 Å². The maximum absolute atomic E-state index is 12.1. The summed E-state index contributed by atoms with van der Waals surface area (Å²) in [5.41, 5.74) is 5.88. The summed E-state index contributed by atoms with van der Waals surface area (Å²) in [5, 5.41) is 0. The summed E-state index contributed by atoms with van der Waals surface area (Å²) in [7, 11) is 0. The third kappa shape index (κ3) is 2.06. The highest BCUT2D eigenvalue weighted by molar-refractivity contribution is 5.85. The lowest BCUT2D eigenvalue weighted by atomic mass is 10.2. The van der Waals surface area contributed by atoms with Gasteiger partial charge in [-0.15, -0.1) is 12.4 Å². The Kier molecular flexibility index (Phi) is 3.42. The number of halogens is 1. The first-order chi connectivity index (χ1) is 7.25. The van der Waals surface area contributed by atoms with Crippen molar-refractivity contribution in [3.63, 3.8) is 0 Å². The van der Waals surface area contributed by atoms with Gasteiger partial charge in [0.15, 0.2) is 0 Å². The Morgan fingerprint density at radius 3 is 2.44 bits per heavy atom. The fourth-order valence-corrected chi connectivity index (χ4v) is 2.87. The zero-order valence-corrected chi connectivity index (χ0v) is 10.3. The Morgan fingerprint density at radius 1 is 1.12 bits per heavy atom. The number of hydrogen-bond donors (Lipinski definition) is 1. The molecule has 2 N–H and O–H groups in total. The molecule has 0 aromatic carbocycles. The van der Waals surface area contributed by atoms with E-state index >= 15 is 0 Å². The first kappa shape index (κ1) is 12.1. The predicted molar refractivity (Wildman–Crippen MR) is 64.6 cm³/mol. The zero-order chi connectivity index (χ0) is 10.4. The molecule has 1 amide bonds. The zero-order valence-electron chi connectivity index (χ0n) is 9.47. The van der Waals surface area contributed by atoms with E-state index in [1.54, 1.807) is 0 Å². The summed E-state index contributed by atoms with van der Waals surface area (Å²) in [6.07, 6.45) is 4.51. The molecule has 0 bridgehead atoms. The fourth-order valence-electron chi connectivity index (χ4n) is 2.87. The molecule has 3 fully saturated rings. The highest BCUT2D eigenvalue weighted by Crippen LogP contribution is 2.32. The van der Waals surface area contributed by atoms with Gasteiger partial charge in [0.25, 0.3) is 0 Å². The van der Waals surface area contributed by atoms with Crippen LogP contribution in [0.5, 0.6) is 0 Å². The summed E-state index contributed by atoms with van der Waals surface area (Å²) >= 11 is 0. The minimum absolute atomic E-state index is 0. The molecule has 0 aromatic heterocycles. The van der Waals surface area contributed by atoms with Gasteiger partial charge in [0.2, 0.25) is 5.91 Å². The lowest BCUT2D eigenvalue weighted by Gasteiger charge is -2.22. The molecule has 16 heavy (non-hydrogen) atoms. The summed E-state index contributed by atoms with van der Waals surface area (Å²) in [4.78, 5) is 16.5. The Bertz CT molecular complexity index is 282. The maximum Gasteiger partial charge on any atom is 0.240 e. The van der Waals surface area contributed by atoms with Crippen LogP contribution in [0.3, 0.4) is 0 Å². The van der Waals surface area contributed by atoms with E-state index in [-0.39, 0.29) is 24.5 Å². The van der Waals surface area contributed by atoms with Crippen molar-refractivity contribution >= 4 is 18.3 Å². The van der Waals surface area contributed by atoms with Crippen LogP contribution in [-0.2, 0) is 4.79 Å². The molecular weight excluding hydrogens is 226 g/mol. The average molecular weight is 246 g/mol. The van der Waals surface area contributed by atoms with Crippen molar-refractivity contribution in [1.82, 2.24) is 9.80 Å². The number of amides is 1. The van der Waals surface area contributed by atoms with Crippen LogP contribution in [0, 0.1) is 0 Å². The van der Waals surface area contributed by atoms with E-state index in [0.717, 1.165) is 32.5 Å². The maximum atomic E-state index is 12.1. The first-order valence-corrected chi connectivity index (χ1v) is 6.06. The summed E-state index contributed by atoms with van der Waals surface area (Å²) in [6.45, 7) is 2.89. The fraction of sp³-hybridized carbons (Fsp3) is 0.909. The quantitative estimate of drug-likeness (QED) is 0.757. The molecule has 0 spiro atoms. The third-order valence-electron chi connectivity index (χ3n) is 3.90. The molecule has 0 aromatic rings. The van der Waals surface area contributed by atoms with E-state index in [2.05, 4.69) is 9.80 Å². The van der Waals surface area contributed by atoms with Crippen molar-refractivity contribution in [2.75, 3.05) is 19.6 Å². The van der Waals surface area contributed by atoms with Crippen LogP contribution in [0.25, 0.3) is 0 Å². The van der Waals surface area contributed by atoms with Crippen LogP contribution in [0.4, 0.5) is 0 Å². The number of nitrogens with two attached hydrogens (primary N) is 1. The Balaban J connectivity index is 0.000000963. The summed E-state index contributed by atoms with van der Waals surface area (Å²) in [6, 6.07) is 1.02. The van der Waals surface area contributed by atoms with E-state index in [0.29, 0.717) is 11.9 Å². The minimum Gasteiger partial charge on any atom is -0.338 e. The molecule has 1 aliphatic carbocycles. The molecule has 3 rings (SSSR count). The number of rotatable bonds is 2. The van der Waals surface area contributed by atoms with Crippen LogP contribution < -0.4 is 5.73 Å². The van der Waals surface area contributed by atoms with Crippen molar-refractivity contribution in [3.8, 4) is 0 Å². The number of likely N-dealkylation sites (tertiary alicyclic amines) is 2. The second-order valence-corrected chi connectivity index (χ2v) is 5.11. The van der Waals surface area contributed by atoms with Crippen molar-refractivity contribution in [3.05, 3.63) is 0 Å².